The van der Waals surface area contributed by atoms with Gasteiger partial charge >= 0.3 is 5.97 Å². The van der Waals surface area contributed by atoms with Gasteiger partial charge in [0.15, 0.2) is 6.10 Å². The van der Waals surface area contributed by atoms with Crippen molar-refractivity contribution < 1.29 is 56.2 Å². The van der Waals surface area contributed by atoms with Crippen molar-refractivity contribution in [3.05, 3.63) is 0 Å². The van der Waals surface area contributed by atoms with Crippen LogP contribution in [0.1, 0.15) is 0 Å². The molecule has 0 aromatic heterocycles. The second-order valence-electron chi connectivity index (χ2n) is 1.55. The number of aliphatic carboxylic acids is 2. The first-order valence-electron chi connectivity index (χ1n) is 2.26. The van der Waals surface area contributed by atoms with Gasteiger partial charge in [-0.2, -0.15) is 0 Å². The van der Waals surface area contributed by atoms with Crippen molar-refractivity contribution >= 4 is 11.9 Å². The Morgan fingerprint density at radius 3 is 1.58 bits per heavy atom. The fourth-order valence-electron chi connectivity index (χ4n) is 0.264. The predicted octanol–water partition coefficient (Wildman–Crippen LogP) is -3.08. The minimum absolute atomic E-state index is 0. The predicted molar refractivity (Wildman–Crippen MR) is 30.6 cm³/mol. The van der Waals surface area contributed by atoms with Gasteiger partial charge in [0.05, 0.1) is 5.97 Å². The van der Waals surface area contributed by atoms with E-state index in [1.54, 1.807) is 0 Å². The second-order valence-corrected chi connectivity index (χ2v) is 1.55. The number of carbonyl (C=O) groups is 2. The Hall–Kier alpha value is -0.297. The van der Waals surface area contributed by atoms with Gasteiger partial charge < -0.3 is 31.4 Å². The van der Waals surface area contributed by atoms with Gasteiger partial charge in [-0.15, -0.1) is 0 Å². The zero-order chi connectivity index (χ0) is 8.31. The molecule has 0 amide bonds. The van der Waals surface area contributed by atoms with E-state index in [1.165, 1.54) is 0 Å². The number of hydrogen-bond donors (Lipinski definition) is 4. The normalized spacial score (nSPS) is 13.2. The molecular formula is C4H9NO6Zr. The van der Waals surface area contributed by atoms with Crippen LogP contribution >= 0.6 is 0 Å². The van der Waals surface area contributed by atoms with Crippen molar-refractivity contribution in [1.82, 2.24) is 6.15 Å². The molecule has 0 radical (unpaired) electrons. The molecule has 0 aliphatic carbocycles. The van der Waals surface area contributed by atoms with Crippen molar-refractivity contribution in [1.29, 1.82) is 0 Å². The molecule has 0 aliphatic heterocycles. The van der Waals surface area contributed by atoms with Crippen LogP contribution in [0.5, 0.6) is 0 Å². The molecule has 7 nitrogen and oxygen atoms in total. The summed E-state index contributed by atoms with van der Waals surface area (Å²) in [5, 5.41) is 34.1. The molecule has 0 heterocycles. The second kappa shape index (κ2) is 7.36. The number of aliphatic hydroxyl groups excluding tert-OH is 2. The first kappa shape index (κ1) is 17.7. The molecule has 8 heteroatoms. The molecule has 0 spiro atoms. The zero-order valence-electron chi connectivity index (χ0n) is 6.22. The van der Waals surface area contributed by atoms with Gasteiger partial charge in [-0.25, -0.2) is 4.79 Å². The summed E-state index contributed by atoms with van der Waals surface area (Å²) in [7, 11) is 0. The van der Waals surface area contributed by atoms with E-state index in [0.717, 1.165) is 0 Å². The molecule has 0 fully saturated rings. The summed E-state index contributed by atoms with van der Waals surface area (Å²) in [5.74, 6) is -3.83. The van der Waals surface area contributed by atoms with Gasteiger partial charge in [0.2, 0.25) is 0 Å². The van der Waals surface area contributed by atoms with Crippen LogP contribution < -0.4 is 11.3 Å². The smallest absolute Gasteiger partial charge is 0.335 e. The maximum atomic E-state index is 9.74. The standard InChI is InChI=1S/C4H6O6.H3N.Zr/c5-1(3(7)8)2(6)4(9)10;;/h1-2,5-6H,(H,7,8)(H,9,10);1H3;. The summed E-state index contributed by atoms with van der Waals surface area (Å²) in [5.41, 5.74) is 0. The Labute approximate surface area is 86.7 Å². The maximum Gasteiger partial charge on any atom is 0.335 e. The molecule has 2 atom stereocenters. The van der Waals surface area contributed by atoms with Gasteiger partial charge in [-0.1, -0.05) is 0 Å². The van der Waals surface area contributed by atoms with E-state index in [9.17, 15) is 14.7 Å². The third-order valence-corrected chi connectivity index (χ3v) is 0.794. The number of quaternary nitrogens is 1. The number of carboxylic acids is 2. The van der Waals surface area contributed by atoms with Crippen molar-refractivity contribution in [3.8, 4) is 0 Å². The summed E-state index contributed by atoms with van der Waals surface area (Å²) < 4.78 is 0. The van der Waals surface area contributed by atoms with E-state index in [-0.39, 0.29) is 32.4 Å². The fourth-order valence-corrected chi connectivity index (χ4v) is 0.264. The van der Waals surface area contributed by atoms with Crippen molar-refractivity contribution in [3.63, 3.8) is 0 Å². The number of hydrogen-bond acceptors (Lipinski definition) is 5. The van der Waals surface area contributed by atoms with Gasteiger partial charge in [0.25, 0.3) is 0 Å². The molecule has 12 heavy (non-hydrogen) atoms. The van der Waals surface area contributed by atoms with Crippen LogP contribution in [0.4, 0.5) is 0 Å². The Bertz CT molecular complexity index is 144. The minimum atomic E-state index is -2.38. The number of carboxylic acid groups (broad SMARTS) is 2. The Morgan fingerprint density at radius 2 is 1.50 bits per heavy atom. The topological polar surface area (TPSA) is 154 Å². The molecular weight excluding hydrogens is 249 g/mol. The van der Waals surface area contributed by atoms with E-state index >= 15 is 0 Å². The Kier molecular flexibility index (Phi) is 10.9. The first-order chi connectivity index (χ1) is 4.46. The van der Waals surface area contributed by atoms with E-state index in [1.807, 2.05) is 0 Å². The van der Waals surface area contributed by atoms with Crippen molar-refractivity contribution in [2.45, 2.75) is 12.2 Å². The van der Waals surface area contributed by atoms with Crippen LogP contribution in [0.3, 0.4) is 0 Å². The van der Waals surface area contributed by atoms with Crippen LogP contribution in [0.25, 0.3) is 0 Å². The van der Waals surface area contributed by atoms with Crippen LogP contribution in [-0.4, -0.2) is 39.5 Å². The molecule has 0 aliphatic rings. The molecule has 0 aromatic rings. The SMILES string of the molecule is O=C([O-])C(O)C(O)C(=O)O.[NH4+].[Zr]. The van der Waals surface area contributed by atoms with E-state index in [2.05, 4.69) is 0 Å². The maximum absolute atomic E-state index is 9.74. The third-order valence-electron chi connectivity index (χ3n) is 0.794. The third kappa shape index (κ3) is 5.37. The molecule has 7 N–H and O–H groups in total. The number of rotatable bonds is 3. The van der Waals surface area contributed by atoms with Gasteiger partial charge in [0, 0.05) is 26.2 Å². The molecule has 0 aromatic carbocycles. The van der Waals surface area contributed by atoms with E-state index in [4.69, 9.17) is 15.3 Å². The number of aliphatic hydroxyl groups is 2. The zero-order valence-corrected chi connectivity index (χ0v) is 8.68. The summed E-state index contributed by atoms with van der Waals surface area (Å²) in [4.78, 5) is 19.4. The quantitative estimate of drug-likeness (QED) is 0.420. The van der Waals surface area contributed by atoms with Gasteiger partial charge in [-0.05, 0) is 0 Å². The largest absolute Gasteiger partial charge is 0.547 e. The summed E-state index contributed by atoms with van der Waals surface area (Å²) >= 11 is 0. The molecule has 0 saturated carbocycles. The van der Waals surface area contributed by atoms with Crippen LogP contribution in [0.15, 0.2) is 0 Å². The summed E-state index contributed by atoms with van der Waals surface area (Å²) in [6.07, 6.45) is -4.71. The van der Waals surface area contributed by atoms with Crippen LogP contribution in [0, 0.1) is 0 Å². The van der Waals surface area contributed by atoms with Gasteiger partial charge in [0.1, 0.15) is 6.10 Å². The fraction of sp³-hybridized carbons (Fsp3) is 0.500. The van der Waals surface area contributed by atoms with Gasteiger partial charge in [-0.3, -0.25) is 0 Å². The Morgan fingerprint density at radius 1 is 1.17 bits per heavy atom. The number of carbonyl (C=O) groups excluding carboxylic acids is 1. The van der Waals surface area contributed by atoms with Crippen molar-refractivity contribution in [2.75, 3.05) is 0 Å². The first-order valence-corrected chi connectivity index (χ1v) is 2.26. The van der Waals surface area contributed by atoms with Crippen LogP contribution in [0.2, 0.25) is 0 Å². The summed E-state index contributed by atoms with van der Waals surface area (Å²) in [6, 6.07) is 0. The molecule has 0 saturated heterocycles. The average Bonchev–Trinajstić information content (AvgIpc) is 1.84. The molecule has 0 bridgehead atoms. The Balaban J connectivity index is -0.000000405. The molecule has 0 rings (SSSR count). The van der Waals surface area contributed by atoms with E-state index in [0.29, 0.717) is 0 Å². The minimum Gasteiger partial charge on any atom is -0.547 e. The van der Waals surface area contributed by atoms with Crippen molar-refractivity contribution in [2.24, 2.45) is 0 Å². The average molecular weight is 258 g/mol. The molecule has 2 unspecified atom stereocenters. The summed E-state index contributed by atoms with van der Waals surface area (Å²) in [6.45, 7) is 0. The van der Waals surface area contributed by atoms with E-state index < -0.39 is 24.1 Å². The van der Waals surface area contributed by atoms with Crippen LogP contribution in [-0.2, 0) is 35.8 Å². The monoisotopic (exact) mass is 257 g/mol. The molecule has 70 valence electrons.